The summed E-state index contributed by atoms with van der Waals surface area (Å²) < 4.78 is 0. The number of nitrogens with one attached hydrogen (secondary N) is 2. The lowest BCUT2D eigenvalue weighted by Gasteiger charge is -2.35. The molecule has 0 spiro atoms. The number of hydrogen-bond donors (Lipinski definition) is 2. The van der Waals surface area contributed by atoms with E-state index >= 15 is 0 Å². The third kappa shape index (κ3) is 3.95. The van der Waals surface area contributed by atoms with E-state index in [0.717, 1.165) is 58.3 Å². The first kappa shape index (κ1) is 15.3. The van der Waals surface area contributed by atoms with Crippen molar-refractivity contribution in [2.24, 2.45) is 11.8 Å². The molecule has 2 rings (SSSR count). The van der Waals surface area contributed by atoms with Gasteiger partial charge in [-0.2, -0.15) is 0 Å². The van der Waals surface area contributed by atoms with Gasteiger partial charge < -0.3 is 15.5 Å². The zero-order valence-electron chi connectivity index (χ0n) is 12.5. The fraction of sp³-hybridized carbons (Fsp3) is 0.867. The normalized spacial score (nSPS) is 24.4. The Bertz CT molecular complexity index is 340. The second kappa shape index (κ2) is 7.62. The molecular weight excluding hydrogens is 254 g/mol. The molecule has 5 heteroatoms. The molecule has 114 valence electrons. The van der Waals surface area contributed by atoms with Crippen molar-refractivity contribution < 1.29 is 9.59 Å². The number of piperidine rings is 2. The minimum Gasteiger partial charge on any atom is -0.356 e. The summed E-state index contributed by atoms with van der Waals surface area (Å²) in [5.41, 5.74) is 0. The Morgan fingerprint density at radius 2 is 1.95 bits per heavy atom. The number of amides is 2. The van der Waals surface area contributed by atoms with Crippen LogP contribution in [0.4, 0.5) is 0 Å². The number of likely N-dealkylation sites (tertiary alicyclic amines) is 1. The van der Waals surface area contributed by atoms with Crippen LogP contribution in [-0.2, 0) is 9.59 Å². The van der Waals surface area contributed by atoms with Gasteiger partial charge >= 0.3 is 0 Å². The molecule has 2 aliphatic rings. The van der Waals surface area contributed by atoms with Crippen LogP contribution in [0, 0.1) is 11.8 Å². The predicted octanol–water partition coefficient (Wildman–Crippen LogP) is 0.751. The summed E-state index contributed by atoms with van der Waals surface area (Å²) in [6, 6.07) is 0. The molecule has 2 heterocycles. The van der Waals surface area contributed by atoms with Crippen molar-refractivity contribution in [1.82, 2.24) is 15.5 Å². The maximum Gasteiger partial charge on any atom is 0.225 e. The Hall–Kier alpha value is -1.10. The van der Waals surface area contributed by atoms with E-state index in [4.69, 9.17) is 0 Å². The molecule has 5 nitrogen and oxygen atoms in total. The van der Waals surface area contributed by atoms with E-state index in [1.165, 1.54) is 0 Å². The van der Waals surface area contributed by atoms with Gasteiger partial charge in [-0.15, -0.1) is 0 Å². The molecule has 2 amide bonds. The summed E-state index contributed by atoms with van der Waals surface area (Å²) in [5.74, 6) is 0.531. The van der Waals surface area contributed by atoms with Crippen molar-refractivity contribution in [3.05, 3.63) is 0 Å². The van der Waals surface area contributed by atoms with Gasteiger partial charge in [-0.3, -0.25) is 9.59 Å². The Morgan fingerprint density at radius 1 is 1.20 bits per heavy atom. The first-order chi connectivity index (χ1) is 9.72. The highest BCUT2D eigenvalue weighted by molar-refractivity contribution is 5.82. The van der Waals surface area contributed by atoms with Crippen LogP contribution in [0.15, 0.2) is 0 Å². The number of hydrogen-bond acceptors (Lipinski definition) is 3. The highest BCUT2D eigenvalue weighted by Gasteiger charge is 2.32. The fourth-order valence-electron chi connectivity index (χ4n) is 3.11. The van der Waals surface area contributed by atoms with Gasteiger partial charge in [0.1, 0.15) is 0 Å². The van der Waals surface area contributed by atoms with Crippen LogP contribution < -0.4 is 10.6 Å². The number of carbonyl (C=O) groups is 2. The van der Waals surface area contributed by atoms with Gasteiger partial charge in [0.2, 0.25) is 11.8 Å². The quantitative estimate of drug-likeness (QED) is 0.799. The average molecular weight is 281 g/mol. The lowest BCUT2D eigenvalue weighted by Crippen LogP contribution is -2.48. The summed E-state index contributed by atoms with van der Waals surface area (Å²) in [7, 11) is 0. The molecule has 2 saturated heterocycles. The van der Waals surface area contributed by atoms with Gasteiger partial charge in [0.25, 0.3) is 0 Å². The van der Waals surface area contributed by atoms with Crippen LogP contribution in [0.3, 0.4) is 0 Å². The van der Waals surface area contributed by atoms with Gasteiger partial charge in [0.15, 0.2) is 0 Å². The van der Waals surface area contributed by atoms with E-state index in [0.29, 0.717) is 6.54 Å². The molecule has 0 saturated carbocycles. The van der Waals surface area contributed by atoms with Crippen molar-refractivity contribution in [3.8, 4) is 0 Å². The zero-order valence-corrected chi connectivity index (χ0v) is 12.5. The SMILES string of the molecule is CCCNC(=O)C1CCCN(C(=O)C2CCNCC2)C1. The van der Waals surface area contributed by atoms with E-state index in [-0.39, 0.29) is 23.7 Å². The molecule has 0 aromatic heterocycles. The fourth-order valence-corrected chi connectivity index (χ4v) is 3.11. The summed E-state index contributed by atoms with van der Waals surface area (Å²) in [6.07, 6.45) is 4.67. The minimum atomic E-state index is -0.0130. The van der Waals surface area contributed by atoms with Crippen molar-refractivity contribution in [2.45, 2.75) is 39.0 Å². The molecule has 20 heavy (non-hydrogen) atoms. The first-order valence-corrected chi connectivity index (χ1v) is 7.99. The van der Waals surface area contributed by atoms with Crippen LogP contribution in [-0.4, -0.2) is 49.4 Å². The Kier molecular flexibility index (Phi) is 5.83. The monoisotopic (exact) mass is 281 g/mol. The summed E-state index contributed by atoms with van der Waals surface area (Å²) >= 11 is 0. The molecule has 0 radical (unpaired) electrons. The lowest BCUT2D eigenvalue weighted by molar-refractivity contribution is -0.140. The van der Waals surface area contributed by atoms with Gasteiger partial charge in [-0.05, 0) is 45.2 Å². The second-order valence-electron chi connectivity index (χ2n) is 5.94. The molecule has 0 aromatic carbocycles. The van der Waals surface area contributed by atoms with E-state index in [2.05, 4.69) is 10.6 Å². The second-order valence-corrected chi connectivity index (χ2v) is 5.94. The van der Waals surface area contributed by atoms with Crippen molar-refractivity contribution in [3.63, 3.8) is 0 Å². The summed E-state index contributed by atoms with van der Waals surface area (Å²) in [6.45, 7) is 6.08. The third-order valence-corrected chi connectivity index (χ3v) is 4.34. The maximum absolute atomic E-state index is 12.5. The zero-order chi connectivity index (χ0) is 14.4. The largest absolute Gasteiger partial charge is 0.356 e. The van der Waals surface area contributed by atoms with Crippen LogP contribution in [0.1, 0.15) is 39.0 Å². The maximum atomic E-state index is 12.5. The molecule has 2 aliphatic heterocycles. The number of rotatable bonds is 4. The van der Waals surface area contributed by atoms with Crippen LogP contribution in [0.2, 0.25) is 0 Å². The summed E-state index contributed by atoms with van der Waals surface area (Å²) in [4.78, 5) is 26.5. The third-order valence-electron chi connectivity index (χ3n) is 4.34. The minimum absolute atomic E-state index is 0.0130. The van der Waals surface area contributed by atoms with Crippen LogP contribution in [0.5, 0.6) is 0 Å². The van der Waals surface area contributed by atoms with Crippen molar-refractivity contribution >= 4 is 11.8 Å². The highest BCUT2D eigenvalue weighted by atomic mass is 16.2. The highest BCUT2D eigenvalue weighted by Crippen LogP contribution is 2.21. The molecule has 1 unspecified atom stereocenters. The standard InChI is InChI=1S/C15H27N3O2/c1-2-7-17-14(19)13-4-3-10-18(11-13)15(20)12-5-8-16-9-6-12/h12-13,16H,2-11H2,1H3,(H,17,19). The van der Waals surface area contributed by atoms with E-state index < -0.39 is 0 Å². The van der Waals surface area contributed by atoms with Gasteiger partial charge in [-0.25, -0.2) is 0 Å². The smallest absolute Gasteiger partial charge is 0.225 e. The lowest BCUT2D eigenvalue weighted by atomic mass is 9.92. The molecule has 0 bridgehead atoms. The molecule has 2 fully saturated rings. The topological polar surface area (TPSA) is 61.4 Å². The molecule has 0 aliphatic carbocycles. The van der Waals surface area contributed by atoms with E-state index in [1.807, 2.05) is 11.8 Å². The molecule has 0 aromatic rings. The predicted molar refractivity (Wildman–Crippen MR) is 78.2 cm³/mol. The van der Waals surface area contributed by atoms with E-state index in [1.54, 1.807) is 0 Å². The average Bonchev–Trinajstić information content (AvgIpc) is 2.52. The van der Waals surface area contributed by atoms with Gasteiger partial charge in [-0.1, -0.05) is 6.92 Å². The van der Waals surface area contributed by atoms with Crippen LogP contribution in [0.25, 0.3) is 0 Å². The molecular formula is C15H27N3O2. The first-order valence-electron chi connectivity index (χ1n) is 7.99. The summed E-state index contributed by atoms with van der Waals surface area (Å²) in [5, 5.41) is 6.24. The van der Waals surface area contributed by atoms with Gasteiger partial charge in [0, 0.05) is 25.6 Å². The molecule has 2 N–H and O–H groups in total. The Labute approximate surface area is 121 Å². The number of nitrogens with zero attached hydrogens (tertiary/aromatic N) is 1. The Balaban J connectivity index is 1.85. The number of carbonyl (C=O) groups excluding carboxylic acids is 2. The molecule has 1 atom stereocenters. The Morgan fingerprint density at radius 3 is 2.65 bits per heavy atom. The van der Waals surface area contributed by atoms with E-state index in [9.17, 15) is 9.59 Å². The van der Waals surface area contributed by atoms with Gasteiger partial charge in [0.05, 0.1) is 5.92 Å². The van der Waals surface area contributed by atoms with Crippen molar-refractivity contribution in [1.29, 1.82) is 0 Å². The van der Waals surface area contributed by atoms with Crippen molar-refractivity contribution in [2.75, 3.05) is 32.7 Å². The van der Waals surface area contributed by atoms with Crippen LogP contribution >= 0.6 is 0 Å².